The second-order valence-corrected chi connectivity index (χ2v) is 24.3. The van der Waals surface area contributed by atoms with Crippen LogP contribution in [0.2, 0.25) is 0 Å². The molecule has 0 saturated carbocycles. The number of nitrogens with zero attached hydrogens (tertiary/aromatic N) is 2. The van der Waals surface area contributed by atoms with Crippen LogP contribution in [0.3, 0.4) is 0 Å². The Kier molecular flexibility index (Phi) is 12.2. The van der Waals surface area contributed by atoms with Gasteiger partial charge in [0.15, 0.2) is 0 Å². The van der Waals surface area contributed by atoms with E-state index in [1.54, 1.807) is 0 Å². The van der Waals surface area contributed by atoms with E-state index in [9.17, 15) is 0 Å². The lowest BCUT2D eigenvalue weighted by molar-refractivity contribution is 0.793. The molecule has 0 fully saturated rings. The number of hydrogen-bond acceptors (Lipinski definition) is 1. The van der Waals surface area contributed by atoms with Crippen LogP contribution in [-0.4, -0.2) is 4.57 Å². The Morgan fingerprint density at radius 1 is 0.220 bits per heavy atom. The Balaban J connectivity index is 0.776. The van der Waals surface area contributed by atoms with Gasteiger partial charge >= 0.3 is 0 Å². The van der Waals surface area contributed by atoms with Crippen LogP contribution in [-0.2, 0) is 5.41 Å². The first kappa shape index (κ1) is 52.3. The lowest BCUT2D eigenvalue weighted by Gasteiger charge is -2.32. The molecule has 0 N–H and O–H groups in total. The average Bonchev–Trinajstić information content (AvgIpc) is 1.52. The van der Waals surface area contributed by atoms with Crippen molar-refractivity contribution in [1.82, 2.24) is 4.57 Å². The molecule has 0 bridgehead atoms. The Bertz CT molecular complexity index is 5470. The maximum atomic E-state index is 2.51. The largest absolute Gasteiger partial charge is 0.310 e. The minimum atomic E-state index is -0.480. The normalized spacial score (nSPS) is 12.5. The van der Waals surface area contributed by atoms with E-state index in [2.05, 4.69) is 361 Å². The second-order valence-electron chi connectivity index (χ2n) is 24.3. The monoisotopic (exact) mass is 1150 g/mol. The van der Waals surface area contributed by atoms with E-state index in [0.29, 0.717) is 0 Å². The number of hydrogen-bond donors (Lipinski definition) is 0. The van der Waals surface area contributed by atoms with E-state index in [1.165, 1.54) is 111 Å². The first-order valence-corrected chi connectivity index (χ1v) is 31.5. The van der Waals surface area contributed by atoms with Gasteiger partial charge in [-0.25, -0.2) is 0 Å². The summed E-state index contributed by atoms with van der Waals surface area (Å²) in [5.74, 6) is 0. The van der Waals surface area contributed by atoms with Crippen molar-refractivity contribution in [3.63, 3.8) is 0 Å². The van der Waals surface area contributed by atoms with Crippen LogP contribution >= 0.6 is 0 Å². The van der Waals surface area contributed by atoms with Crippen molar-refractivity contribution in [3.8, 4) is 94.7 Å². The third kappa shape index (κ3) is 8.41. The molecule has 0 saturated heterocycles. The molecule has 2 aliphatic rings. The first-order chi connectivity index (χ1) is 45.1. The van der Waals surface area contributed by atoms with Crippen molar-refractivity contribution < 1.29 is 0 Å². The molecule has 16 aromatic rings. The van der Waals surface area contributed by atoms with E-state index in [1.807, 2.05) is 0 Å². The summed E-state index contributed by atoms with van der Waals surface area (Å²) in [4.78, 5) is 2.50. The minimum absolute atomic E-state index is 0.480. The SMILES string of the molecule is c1ccc(-c2ccc(-c3cc(-c4cccc(-c5ccccc5)c4)cc(-n4c5ccccc5c5cc(-c6ccccc6-c6cccc(N(c7ccc8c(c7)C7(c9ccccc9-c9ccccc97)c7ccccc7-8)c7cccc8ccccc78)c6)ccc54)c3)cc2)cc1. The first-order valence-electron chi connectivity index (χ1n) is 31.5. The third-order valence-corrected chi connectivity index (χ3v) is 19.4. The minimum Gasteiger partial charge on any atom is -0.310 e. The molecule has 2 heteroatoms. The fourth-order valence-electron chi connectivity index (χ4n) is 15.3. The highest BCUT2D eigenvalue weighted by Gasteiger charge is 2.51. The van der Waals surface area contributed by atoms with Gasteiger partial charge in [0.05, 0.1) is 22.1 Å². The van der Waals surface area contributed by atoms with Crippen molar-refractivity contribution >= 4 is 49.6 Å². The van der Waals surface area contributed by atoms with Crippen molar-refractivity contribution in [1.29, 1.82) is 0 Å². The van der Waals surface area contributed by atoms with Gasteiger partial charge in [0.25, 0.3) is 0 Å². The molecule has 1 heterocycles. The molecule has 0 aliphatic heterocycles. The van der Waals surface area contributed by atoms with Crippen molar-refractivity contribution in [2.45, 2.75) is 5.41 Å². The highest BCUT2D eigenvalue weighted by Crippen LogP contribution is 2.63. The molecule has 2 aliphatic carbocycles. The Morgan fingerprint density at radius 2 is 0.648 bits per heavy atom. The molecule has 0 unspecified atom stereocenters. The van der Waals surface area contributed by atoms with Gasteiger partial charge in [0, 0.05) is 33.2 Å². The fourth-order valence-corrected chi connectivity index (χ4v) is 15.3. The number of rotatable bonds is 10. The average molecular weight is 1160 g/mol. The zero-order chi connectivity index (χ0) is 60.0. The number of benzene rings is 15. The van der Waals surface area contributed by atoms with Crippen molar-refractivity contribution in [2.75, 3.05) is 4.90 Å². The molecule has 91 heavy (non-hydrogen) atoms. The van der Waals surface area contributed by atoms with E-state index in [-0.39, 0.29) is 0 Å². The third-order valence-electron chi connectivity index (χ3n) is 19.4. The fraction of sp³-hybridized carbons (Fsp3) is 0.0112. The summed E-state index contributed by atoms with van der Waals surface area (Å²) in [7, 11) is 0. The molecule has 2 nitrogen and oxygen atoms in total. The summed E-state index contributed by atoms with van der Waals surface area (Å²) in [6.07, 6.45) is 0. The summed E-state index contributed by atoms with van der Waals surface area (Å²) in [5.41, 5.74) is 30.8. The summed E-state index contributed by atoms with van der Waals surface area (Å²) >= 11 is 0. The number of fused-ring (bicyclic) bond motifs is 14. The van der Waals surface area contributed by atoms with Crippen molar-refractivity contribution in [3.05, 3.63) is 374 Å². The number of anilines is 3. The van der Waals surface area contributed by atoms with Gasteiger partial charge in [-0.15, -0.1) is 0 Å². The van der Waals surface area contributed by atoms with E-state index < -0.39 is 5.41 Å². The van der Waals surface area contributed by atoms with Crippen LogP contribution in [0.25, 0.3) is 127 Å². The van der Waals surface area contributed by atoms with Gasteiger partial charge in [-0.3, -0.25) is 0 Å². The van der Waals surface area contributed by atoms with Crippen LogP contribution in [0.5, 0.6) is 0 Å². The molecule has 424 valence electrons. The summed E-state index contributed by atoms with van der Waals surface area (Å²) in [5, 5.41) is 4.80. The van der Waals surface area contributed by atoms with Crippen LogP contribution in [0.1, 0.15) is 22.3 Å². The van der Waals surface area contributed by atoms with E-state index >= 15 is 0 Å². The summed E-state index contributed by atoms with van der Waals surface area (Å²) in [6, 6.07) is 131. The summed E-state index contributed by atoms with van der Waals surface area (Å²) in [6.45, 7) is 0. The standard InChI is InChI=1S/C89H58N2/c1-3-22-59(23-4-1)61-44-46-62(47-45-61)68-53-69(65-29-19-28-64(52-65)60-24-5-2-6-25-60)56-72(55-68)91-87-42-18-14-38-80(87)81-57-67(48-51-88(81)91)74-33-10-9-32-73(74)66-30-20-31-70(54-66)90(86-43-21-27-63-26-7-8-34-75(63)86)71-49-50-79-78-37-13-17-41-84(78)89(85(79)58-71)82-39-15-11-35-76(82)77-36-12-16-40-83(77)89/h1-58H. The van der Waals surface area contributed by atoms with Crippen molar-refractivity contribution in [2.24, 2.45) is 0 Å². The lowest BCUT2D eigenvalue weighted by Crippen LogP contribution is -2.26. The molecular weight excluding hydrogens is 1100 g/mol. The van der Waals surface area contributed by atoms with Gasteiger partial charge < -0.3 is 9.47 Å². The van der Waals surface area contributed by atoms with Crippen LogP contribution in [0.4, 0.5) is 17.1 Å². The molecule has 0 atom stereocenters. The predicted octanol–water partition coefficient (Wildman–Crippen LogP) is 23.8. The van der Waals surface area contributed by atoms with Crippen LogP contribution in [0.15, 0.2) is 352 Å². The highest BCUT2D eigenvalue weighted by atomic mass is 15.1. The molecule has 1 aromatic heterocycles. The smallest absolute Gasteiger partial charge is 0.0726 e. The molecule has 0 radical (unpaired) electrons. The van der Waals surface area contributed by atoms with Gasteiger partial charge in [-0.1, -0.05) is 279 Å². The molecule has 15 aromatic carbocycles. The topological polar surface area (TPSA) is 8.17 Å². The Labute approximate surface area is 530 Å². The quantitative estimate of drug-likeness (QED) is 0.132. The zero-order valence-corrected chi connectivity index (χ0v) is 49.9. The maximum Gasteiger partial charge on any atom is 0.0726 e. The van der Waals surface area contributed by atoms with Crippen LogP contribution in [0, 0.1) is 0 Å². The Hall–Kier alpha value is -11.8. The van der Waals surface area contributed by atoms with Crippen LogP contribution < -0.4 is 4.90 Å². The Morgan fingerprint density at radius 3 is 1.33 bits per heavy atom. The second kappa shape index (κ2) is 21.2. The molecular formula is C89H58N2. The van der Waals surface area contributed by atoms with Gasteiger partial charge in [-0.05, 0) is 189 Å². The van der Waals surface area contributed by atoms with Gasteiger partial charge in [-0.2, -0.15) is 0 Å². The zero-order valence-electron chi connectivity index (χ0n) is 49.9. The number of para-hydroxylation sites is 1. The highest BCUT2D eigenvalue weighted by molar-refractivity contribution is 6.11. The molecule has 18 rings (SSSR count). The lowest BCUT2D eigenvalue weighted by atomic mass is 9.70. The number of aromatic nitrogens is 1. The predicted molar refractivity (Wildman–Crippen MR) is 382 cm³/mol. The van der Waals surface area contributed by atoms with E-state index in [4.69, 9.17) is 0 Å². The molecule has 0 amide bonds. The van der Waals surface area contributed by atoms with Gasteiger partial charge in [0.2, 0.25) is 0 Å². The van der Waals surface area contributed by atoms with E-state index in [0.717, 1.165) is 56.0 Å². The summed E-state index contributed by atoms with van der Waals surface area (Å²) < 4.78 is 2.47. The maximum absolute atomic E-state index is 2.51. The molecule has 1 spiro atoms. The van der Waals surface area contributed by atoms with Gasteiger partial charge in [0.1, 0.15) is 0 Å².